The van der Waals surface area contributed by atoms with Crippen LogP contribution < -0.4 is 0 Å². The van der Waals surface area contributed by atoms with E-state index in [9.17, 15) is 0 Å². The Kier molecular flexibility index (Phi) is 8.69. The molecule has 3 heteroatoms. The molecule has 0 radical (unpaired) electrons. The molecule has 0 aliphatic heterocycles. The van der Waals surface area contributed by atoms with Gasteiger partial charge in [0.25, 0.3) is 0 Å². The van der Waals surface area contributed by atoms with Crippen molar-refractivity contribution in [2.24, 2.45) is 4.99 Å². The summed E-state index contributed by atoms with van der Waals surface area (Å²) in [5, 5.41) is 8.62. The van der Waals surface area contributed by atoms with E-state index in [0.717, 1.165) is 37.3 Å². The molecular formula is C14H21NOS. The molecule has 0 atom stereocenters. The summed E-state index contributed by atoms with van der Waals surface area (Å²) in [6, 6.07) is 10.2. The highest BCUT2D eigenvalue weighted by Crippen LogP contribution is 2.06. The van der Waals surface area contributed by atoms with Gasteiger partial charge in [0.05, 0.1) is 0 Å². The lowest BCUT2D eigenvalue weighted by Crippen LogP contribution is -1.90. The maximum atomic E-state index is 8.62. The van der Waals surface area contributed by atoms with Crippen LogP contribution >= 0.6 is 11.8 Å². The highest BCUT2D eigenvalue weighted by molar-refractivity contribution is 7.99. The van der Waals surface area contributed by atoms with E-state index in [0.29, 0.717) is 6.61 Å². The second-order valence-electron chi connectivity index (χ2n) is 3.84. The topological polar surface area (TPSA) is 32.6 Å². The molecule has 0 unspecified atom stereocenters. The molecule has 0 amide bonds. The molecule has 1 aromatic carbocycles. The highest BCUT2D eigenvalue weighted by Gasteiger charge is 1.90. The number of aliphatic hydroxyl groups excluding tert-OH is 1. The summed E-state index contributed by atoms with van der Waals surface area (Å²) >= 11 is 1.95. The average Bonchev–Trinajstić information content (AvgIpc) is 2.38. The van der Waals surface area contributed by atoms with Gasteiger partial charge in [-0.1, -0.05) is 30.3 Å². The maximum Gasteiger partial charge on any atom is 0.0431 e. The van der Waals surface area contributed by atoms with Crippen molar-refractivity contribution < 1.29 is 5.11 Å². The Morgan fingerprint density at radius 1 is 1.06 bits per heavy atom. The zero-order chi connectivity index (χ0) is 12.2. The van der Waals surface area contributed by atoms with Gasteiger partial charge in [-0.05, 0) is 36.3 Å². The van der Waals surface area contributed by atoms with E-state index in [-0.39, 0.29) is 0 Å². The van der Waals surface area contributed by atoms with E-state index >= 15 is 0 Å². The maximum absolute atomic E-state index is 8.62. The molecule has 2 nitrogen and oxygen atoms in total. The molecule has 0 aliphatic rings. The Morgan fingerprint density at radius 2 is 1.82 bits per heavy atom. The summed E-state index contributed by atoms with van der Waals surface area (Å²) in [5.41, 5.74) is 1.17. The van der Waals surface area contributed by atoms with E-state index in [1.807, 2.05) is 36.2 Å². The summed E-state index contributed by atoms with van der Waals surface area (Å²) in [6.45, 7) is 1.23. The fourth-order valence-corrected chi connectivity index (χ4v) is 2.33. The molecular weight excluding hydrogens is 230 g/mol. The van der Waals surface area contributed by atoms with Crippen molar-refractivity contribution in [3.05, 3.63) is 35.9 Å². The fraction of sp³-hybridized carbons (Fsp3) is 0.500. The van der Waals surface area contributed by atoms with E-state index in [4.69, 9.17) is 5.11 Å². The SMILES string of the molecule is OCCCCSCCCN=Cc1ccccc1. The van der Waals surface area contributed by atoms with E-state index in [1.165, 1.54) is 5.56 Å². The number of rotatable bonds is 9. The van der Waals surface area contributed by atoms with Gasteiger partial charge in [-0.15, -0.1) is 0 Å². The average molecular weight is 251 g/mol. The van der Waals surface area contributed by atoms with Crippen LogP contribution in [-0.4, -0.2) is 36.0 Å². The summed E-state index contributed by atoms with van der Waals surface area (Å²) in [5.74, 6) is 2.32. The largest absolute Gasteiger partial charge is 0.396 e. The minimum Gasteiger partial charge on any atom is -0.396 e. The number of unbranched alkanes of at least 4 members (excludes halogenated alkanes) is 1. The van der Waals surface area contributed by atoms with Gasteiger partial charge in [0.1, 0.15) is 0 Å². The summed E-state index contributed by atoms with van der Waals surface area (Å²) in [4.78, 5) is 4.40. The van der Waals surface area contributed by atoms with Crippen molar-refractivity contribution in [3.8, 4) is 0 Å². The summed E-state index contributed by atoms with van der Waals surface area (Å²) in [6.07, 6.45) is 5.12. The van der Waals surface area contributed by atoms with Crippen LogP contribution in [0.1, 0.15) is 24.8 Å². The first-order valence-corrected chi connectivity index (χ1v) is 7.32. The van der Waals surface area contributed by atoms with Gasteiger partial charge >= 0.3 is 0 Å². The Morgan fingerprint density at radius 3 is 2.59 bits per heavy atom. The highest BCUT2D eigenvalue weighted by atomic mass is 32.2. The van der Waals surface area contributed by atoms with Gasteiger partial charge in [-0.3, -0.25) is 4.99 Å². The number of thioether (sulfide) groups is 1. The standard InChI is InChI=1S/C14H21NOS/c16-10-4-5-11-17-12-6-9-15-13-14-7-2-1-3-8-14/h1-3,7-8,13,16H,4-6,9-12H2. The molecule has 0 spiro atoms. The number of aliphatic imine (C=N–C) groups is 1. The third-order valence-electron chi connectivity index (χ3n) is 2.31. The minimum atomic E-state index is 0.321. The molecule has 94 valence electrons. The van der Waals surface area contributed by atoms with Crippen LogP contribution in [0, 0.1) is 0 Å². The smallest absolute Gasteiger partial charge is 0.0431 e. The Balaban J connectivity index is 1.95. The van der Waals surface area contributed by atoms with Crippen molar-refractivity contribution in [2.45, 2.75) is 19.3 Å². The summed E-state index contributed by atoms with van der Waals surface area (Å²) < 4.78 is 0. The first-order valence-electron chi connectivity index (χ1n) is 6.17. The van der Waals surface area contributed by atoms with Gasteiger partial charge in [0, 0.05) is 19.4 Å². The van der Waals surface area contributed by atoms with Crippen LogP contribution in [0.4, 0.5) is 0 Å². The lowest BCUT2D eigenvalue weighted by molar-refractivity contribution is 0.287. The van der Waals surface area contributed by atoms with Gasteiger partial charge in [0.15, 0.2) is 0 Å². The van der Waals surface area contributed by atoms with E-state index in [2.05, 4.69) is 17.1 Å². The van der Waals surface area contributed by atoms with E-state index < -0.39 is 0 Å². The Hall–Kier alpha value is -0.800. The predicted octanol–water partition coefficient (Wildman–Crippen LogP) is 3.00. The molecule has 0 saturated heterocycles. The summed E-state index contributed by atoms with van der Waals surface area (Å²) in [7, 11) is 0. The molecule has 0 aliphatic carbocycles. The van der Waals surface area contributed by atoms with Crippen molar-refractivity contribution in [1.82, 2.24) is 0 Å². The Labute approximate surface area is 108 Å². The molecule has 0 bridgehead atoms. The molecule has 0 fully saturated rings. The van der Waals surface area contributed by atoms with E-state index in [1.54, 1.807) is 0 Å². The molecule has 17 heavy (non-hydrogen) atoms. The number of hydrogen-bond acceptors (Lipinski definition) is 3. The molecule has 0 heterocycles. The van der Waals surface area contributed by atoms with Gasteiger partial charge in [-0.25, -0.2) is 0 Å². The zero-order valence-corrected chi connectivity index (χ0v) is 11.0. The van der Waals surface area contributed by atoms with Crippen molar-refractivity contribution in [2.75, 3.05) is 24.7 Å². The Bertz CT molecular complexity index is 300. The molecule has 0 saturated carbocycles. The van der Waals surface area contributed by atoms with Gasteiger partial charge < -0.3 is 5.11 Å². The predicted molar refractivity (Wildman–Crippen MR) is 77.2 cm³/mol. The number of benzene rings is 1. The quantitative estimate of drug-likeness (QED) is 0.540. The van der Waals surface area contributed by atoms with Gasteiger partial charge in [0.2, 0.25) is 0 Å². The third-order valence-corrected chi connectivity index (χ3v) is 3.47. The minimum absolute atomic E-state index is 0.321. The van der Waals surface area contributed by atoms with Gasteiger partial charge in [-0.2, -0.15) is 11.8 Å². The van der Waals surface area contributed by atoms with Crippen LogP contribution in [0.3, 0.4) is 0 Å². The van der Waals surface area contributed by atoms with Crippen LogP contribution in [0.25, 0.3) is 0 Å². The van der Waals surface area contributed by atoms with Crippen molar-refractivity contribution in [3.63, 3.8) is 0 Å². The first-order chi connectivity index (χ1) is 8.43. The lowest BCUT2D eigenvalue weighted by Gasteiger charge is -1.98. The van der Waals surface area contributed by atoms with Crippen LogP contribution in [-0.2, 0) is 0 Å². The zero-order valence-electron chi connectivity index (χ0n) is 10.2. The monoisotopic (exact) mass is 251 g/mol. The number of aliphatic hydroxyl groups is 1. The molecule has 1 aromatic rings. The first kappa shape index (κ1) is 14.3. The normalized spacial score (nSPS) is 11.1. The van der Waals surface area contributed by atoms with Crippen LogP contribution in [0.15, 0.2) is 35.3 Å². The molecule has 0 aromatic heterocycles. The second kappa shape index (κ2) is 10.4. The number of nitrogens with zero attached hydrogens (tertiary/aromatic N) is 1. The van der Waals surface area contributed by atoms with Crippen molar-refractivity contribution >= 4 is 18.0 Å². The fourth-order valence-electron chi connectivity index (χ4n) is 1.38. The molecule has 1 rings (SSSR count). The number of hydrogen-bond donors (Lipinski definition) is 1. The van der Waals surface area contributed by atoms with Crippen molar-refractivity contribution in [1.29, 1.82) is 0 Å². The van der Waals surface area contributed by atoms with Crippen LogP contribution in [0.2, 0.25) is 0 Å². The van der Waals surface area contributed by atoms with Crippen LogP contribution in [0.5, 0.6) is 0 Å². The lowest BCUT2D eigenvalue weighted by atomic mass is 10.2. The molecule has 1 N–H and O–H groups in total. The second-order valence-corrected chi connectivity index (χ2v) is 5.07. The third kappa shape index (κ3) is 8.00.